The minimum Gasteiger partial charge on any atom is -0.334 e. The van der Waals surface area contributed by atoms with Crippen molar-refractivity contribution in [2.75, 3.05) is 6.54 Å². The Morgan fingerprint density at radius 1 is 1.22 bits per heavy atom. The zero-order valence-corrected chi connectivity index (χ0v) is 14.2. The first-order chi connectivity index (χ1) is 11.0. The second-order valence-corrected chi connectivity index (χ2v) is 5.88. The third kappa shape index (κ3) is 5.12. The van der Waals surface area contributed by atoms with Crippen LogP contribution in [0.1, 0.15) is 18.1 Å². The van der Waals surface area contributed by atoms with E-state index in [0.717, 1.165) is 11.1 Å². The highest BCUT2D eigenvalue weighted by atomic mass is 35.5. The molecule has 2 amide bonds. The molecule has 2 aromatic carbocycles. The average Bonchev–Trinajstić information content (AvgIpc) is 2.51. The van der Waals surface area contributed by atoms with E-state index < -0.39 is 0 Å². The van der Waals surface area contributed by atoms with Gasteiger partial charge in [0.15, 0.2) is 0 Å². The van der Waals surface area contributed by atoms with Crippen molar-refractivity contribution in [3.63, 3.8) is 0 Å². The van der Waals surface area contributed by atoms with Crippen LogP contribution in [0.15, 0.2) is 42.5 Å². The molecule has 2 rings (SSSR count). The van der Waals surface area contributed by atoms with Gasteiger partial charge in [-0.05, 0) is 42.3 Å². The molecule has 0 aromatic heterocycles. The highest BCUT2D eigenvalue weighted by Gasteiger charge is 2.12. The Morgan fingerprint density at radius 2 is 2.00 bits per heavy atom. The number of carbonyl (C=O) groups excluding carboxylic acids is 1. The number of amides is 2. The first kappa shape index (κ1) is 17.6. The molecule has 0 saturated heterocycles. The molecule has 6 heteroatoms. The van der Waals surface area contributed by atoms with E-state index >= 15 is 0 Å². The van der Waals surface area contributed by atoms with E-state index in [4.69, 9.17) is 23.2 Å². The second kappa shape index (κ2) is 8.18. The summed E-state index contributed by atoms with van der Waals surface area (Å²) in [6, 6.07) is 11.1. The van der Waals surface area contributed by atoms with E-state index in [-0.39, 0.29) is 11.8 Å². The fraction of sp³-hybridized carbons (Fsp3) is 0.235. The van der Waals surface area contributed by atoms with E-state index in [2.05, 4.69) is 5.32 Å². The fourth-order valence-corrected chi connectivity index (χ4v) is 2.61. The maximum absolute atomic E-state index is 13.2. The summed E-state index contributed by atoms with van der Waals surface area (Å²) < 4.78 is 13.2. The van der Waals surface area contributed by atoms with Crippen LogP contribution in [0, 0.1) is 5.82 Å². The molecule has 0 aliphatic rings. The van der Waals surface area contributed by atoms with Crippen LogP contribution in [0.2, 0.25) is 10.0 Å². The normalized spacial score (nSPS) is 10.4. The van der Waals surface area contributed by atoms with Crippen LogP contribution < -0.4 is 5.32 Å². The molecule has 2 aromatic rings. The third-order valence-electron chi connectivity index (χ3n) is 3.38. The number of urea groups is 1. The number of hydrogen-bond acceptors (Lipinski definition) is 1. The molecule has 0 fully saturated rings. The Hall–Kier alpha value is -1.78. The monoisotopic (exact) mass is 354 g/mol. The van der Waals surface area contributed by atoms with Gasteiger partial charge in [-0.15, -0.1) is 0 Å². The number of nitrogens with zero attached hydrogens (tertiary/aromatic N) is 1. The molecule has 0 atom stereocenters. The molecule has 23 heavy (non-hydrogen) atoms. The molecular formula is C17H17Cl2FN2O. The summed E-state index contributed by atoms with van der Waals surface area (Å²) >= 11 is 11.9. The van der Waals surface area contributed by atoms with Gasteiger partial charge in [0.2, 0.25) is 0 Å². The second-order valence-electron chi connectivity index (χ2n) is 5.04. The van der Waals surface area contributed by atoms with Crippen LogP contribution in [0.4, 0.5) is 9.18 Å². The molecule has 0 aliphatic heterocycles. The van der Waals surface area contributed by atoms with Gasteiger partial charge in [-0.3, -0.25) is 0 Å². The van der Waals surface area contributed by atoms with Crippen molar-refractivity contribution in [2.45, 2.75) is 20.0 Å². The lowest BCUT2D eigenvalue weighted by Crippen LogP contribution is -2.39. The molecule has 3 nitrogen and oxygen atoms in total. The fourth-order valence-electron chi connectivity index (χ4n) is 2.13. The van der Waals surface area contributed by atoms with Gasteiger partial charge < -0.3 is 10.2 Å². The topological polar surface area (TPSA) is 32.3 Å². The van der Waals surface area contributed by atoms with Crippen molar-refractivity contribution in [1.82, 2.24) is 10.2 Å². The quantitative estimate of drug-likeness (QED) is 0.816. The molecule has 122 valence electrons. The molecule has 0 saturated carbocycles. The number of benzene rings is 2. The number of rotatable bonds is 5. The van der Waals surface area contributed by atoms with E-state index in [9.17, 15) is 9.18 Å². The maximum atomic E-state index is 13.2. The molecule has 0 spiro atoms. The van der Waals surface area contributed by atoms with Crippen LogP contribution in [0.5, 0.6) is 0 Å². The van der Waals surface area contributed by atoms with Gasteiger partial charge in [0.1, 0.15) is 5.82 Å². The first-order valence-corrected chi connectivity index (χ1v) is 7.96. The van der Waals surface area contributed by atoms with Crippen molar-refractivity contribution in [3.05, 3.63) is 69.5 Å². The van der Waals surface area contributed by atoms with E-state index in [0.29, 0.717) is 29.7 Å². The van der Waals surface area contributed by atoms with E-state index in [1.54, 1.807) is 35.2 Å². The van der Waals surface area contributed by atoms with E-state index in [1.165, 1.54) is 12.1 Å². The molecule has 1 N–H and O–H groups in total. The Bertz CT molecular complexity index is 694. The SMILES string of the molecule is CCN(Cc1cccc(F)c1)C(=O)NCc1ccc(Cl)cc1Cl. The highest BCUT2D eigenvalue weighted by molar-refractivity contribution is 6.35. The zero-order valence-electron chi connectivity index (χ0n) is 12.7. The first-order valence-electron chi connectivity index (χ1n) is 7.20. The van der Waals surface area contributed by atoms with E-state index in [1.807, 2.05) is 6.92 Å². The van der Waals surface area contributed by atoms with Gasteiger partial charge in [0.25, 0.3) is 0 Å². The lowest BCUT2D eigenvalue weighted by atomic mass is 10.2. The molecule has 0 aliphatic carbocycles. The predicted octanol–water partition coefficient (Wildman–Crippen LogP) is 4.86. The molecular weight excluding hydrogens is 338 g/mol. The van der Waals surface area contributed by atoms with Gasteiger partial charge >= 0.3 is 6.03 Å². The van der Waals surface area contributed by atoms with Crippen molar-refractivity contribution in [3.8, 4) is 0 Å². The Kier molecular flexibility index (Phi) is 6.25. The Labute approximate surface area is 145 Å². The minimum atomic E-state index is -0.313. The van der Waals surface area contributed by atoms with Crippen LogP contribution in [-0.4, -0.2) is 17.5 Å². The van der Waals surface area contributed by atoms with Crippen molar-refractivity contribution >= 4 is 29.2 Å². The molecule has 0 heterocycles. The van der Waals surface area contributed by atoms with Crippen LogP contribution in [0.3, 0.4) is 0 Å². The number of hydrogen-bond donors (Lipinski definition) is 1. The summed E-state index contributed by atoms with van der Waals surface area (Å²) in [5.41, 5.74) is 1.53. The van der Waals surface area contributed by atoms with Gasteiger partial charge in [-0.1, -0.05) is 41.4 Å². The van der Waals surface area contributed by atoms with Crippen molar-refractivity contribution < 1.29 is 9.18 Å². The lowest BCUT2D eigenvalue weighted by molar-refractivity contribution is 0.197. The Balaban J connectivity index is 1.97. The third-order valence-corrected chi connectivity index (χ3v) is 3.96. The maximum Gasteiger partial charge on any atom is 0.317 e. The zero-order chi connectivity index (χ0) is 16.8. The minimum absolute atomic E-state index is 0.234. The molecule has 0 unspecified atom stereocenters. The van der Waals surface area contributed by atoms with Crippen molar-refractivity contribution in [2.24, 2.45) is 0 Å². The Morgan fingerprint density at radius 3 is 2.65 bits per heavy atom. The van der Waals surface area contributed by atoms with Crippen molar-refractivity contribution in [1.29, 1.82) is 0 Å². The summed E-state index contributed by atoms with van der Waals surface area (Å²) in [5, 5.41) is 3.86. The number of nitrogens with one attached hydrogen (secondary N) is 1. The smallest absolute Gasteiger partial charge is 0.317 e. The molecule has 0 bridgehead atoms. The van der Waals surface area contributed by atoms with Gasteiger partial charge in [0, 0.05) is 29.7 Å². The van der Waals surface area contributed by atoms with Crippen LogP contribution in [-0.2, 0) is 13.1 Å². The number of carbonyl (C=O) groups is 1. The summed E-state index contributed by atoms with van der Waals surface area (Å²) in [7, 11) is 0. The summed E-state index contributed by atoms with van der Waals surface area (Å²) in [6.45, 7) is 3.02. The highest BCUT2D eigenvalue weighted by Crippen LogP contribution is 2.20. The predicted molar refractivity (Wildman–Crippen MR) is 91.2 cm³/mol. The number of halogens is 3. The van der Waals surface area contributed by atoms with Crippen LogP contribution >= 0.6 is 23.2 Å². The van der Waals surface area contributed by atoms with Crippen LogP contribution in [0.25, 0.3) is 0 Å². The lowest BCUT2D eigenvalue weighted by Gasteiger charge is -2.21. The van der Waals surface area contributed by atoms with Gasteiger partial charge in [-0.2, -0.15) is 0 Å². The summed E-state index contributed by atoms with van der Waals surface area (Å²) in [6.07, 6.45) is 0. The molecule has 0 radical (unpaired) electrons. The average molecular weight is 355 g/mol. The van der Waals surface area contributed by atoms with Gasteiger partial charge in [-0.25, -0.2) is 9.18 Å². The standard InChI is InChI=1S/C17H17Cl2FN2O/c1-2-22(11-12-4-3-5-15(20)8-12)17(23)21-10-13-6-7-14(18)9-16(13)19/h3-9H,2,10-11H2,1H3,(H,21,23). The largest absolute Gasteiger partial charge is 0.334 e. The summed E-state index contributed by atoms with van der Waals surface area (Å²) in [4.78, 5) is 13.9. The van der Waals surface area contributed by atoms with Gasteiger partial charge in [0.05, 0.1) is 0 Å². The summed E-state index contributed by atoms with van der Waals surface area (Å²) in [5.74, 6) is -0.313.